The Bertz CT molecular complexity index is 722. The van der Waals surface area contributed by atoms with Crippen molar-refractivity contribution in [1.82, 2.24) is 0 Å². The second-order valence-electron chi connectivity index (χ2n) is 4.32. The van der Waals surface area contributed by atoms with Crippen LogP contribution < -0.4 is 9.47 Å². The Balaban J connectivity index is 2.09. The Labute approximate surface area is 115 Å². The van der Waals surface area contributed by atoms with Gasteiger partial charge in [-0.15, -0.1) is 0 Å². The van der Waals surface area contributed by atoms with Gasteiger partial charge in [0.2, 0.25) is 0 Å². The second-order valence-corrected chi connectivity index (χ2v) is 4.32. The van der Waals surface area contributed by atoms with Gasteiger partial charge in [-0.25, -0.2) is 0 Å². The van der Waals surface area contributed by atoms with E-state index >= 15 is 0 Å². The fourth-order valence-corrected chi connectivity index (χ4v) is 2.03. The van der Waals surface area contributed by atoms with Gasteiger partial charge in [0, 0.05) is 23.3 Å². The van der Waals surface area contributed by atoms with E-state index in [1.165, 1.54) is 12.1 Å². The van der Waals surface area contributed by atoms with E-state index in [-0.39, 0.29) is 5.69 Å². The van der Waals surface area contributed by atoms with Crippen molar-refractivity contribution in [2.75, 3.05) is 7.11 Å². The molecule has 1 aliphatic heterocycles. The molecule has 0 atom stereocenters. The maximum atomic E-state index is 10.8. The third-order valence-corrected chi connectivity index (χ3v) is 3.09. The number of nitro benzene ring substituents is 1. The summed E-state index contributed by atoms with van der Waals surface area (Å²) < 4.78 is 10.9. The first-order valence-corrected chi connectivity index (χ1v) is 6.00. The molecule has 1 heterocycles. The lowest BCUT2D eigenvalue weighted by Gasteiger charge is -2.10. The zero-order chi connectivity index (χ0) is 14.1. The molecule has 0 unspecified atom stereocenters. The standard InChI is InChI=1S/C15H11NO4/c1-19-13-7-5-11-3-2-10-4-6-12(16(17)18)8-14(10)20-15(11)9-13/h2-9H,1H3. The second kappa shape index (κ2) is 4.70. The summed E-state index contributed by atoms with van der Waals surface area (Å²) in [6, 6.07) is 10.0. The summed E-state index contributed by atoms with van der Waals surface area (Å²) in [5.41, 5.74) is 1.69. The van der Waals surface area contributed by atoms with Crippen LogP contribution in [0.4, 0.5) is 5.69 Å². The van der Waals surface area contributed by atoms with Gasteiger partial charge in [-0.2, -0.15) is 0 Å². The number of rotatable bonds is 2. The minimum absolute atomic E-state index is 0.00324. The van der Waals surface area contributed by atoms with Gasteiger partial charge in [-0.1, -0.05) is 12.2 Å². The number of benzene rings is 2. The highest BCUT2D eigenvalue weighted by Gasteiger charge is 2.15. The van der Waals surface area contributed by atoms with Crippen LogP contribution in [-0.4, -0.2) is 12.0 Å². The third-order valence-electron chi connectivity index (χ3n) is 3.09. The smallest absolute Gasteiger partial charge is 0.273 e. The largest absolute Gasteiger partial charge is 0.497 e. The first-order chi connectivity index (χ1) is 9.67. The zero-order valence-corrected chi connectivity index (χ0v) is 10.7. The zero-order valence-electron chi connectivity index (χ0n) is 10.7. The molecule has 0 amide bonds. The first kappa shape index (κ1) is 12.2. The first-order valence-electron chi connectivity index (χ1n) is 6.00. The fourth-order valence-electron chi connectivity index (χ4n) is 2.03. The van der Waals surface area contributed by atoms with Crippen molar-refractivity contribution in [3.8, 4) is 17.2 Å². The molecule has 0 spiro atoms. The van der Waals surface area contributed by atoms with Crippen LogP contribution in [0.25, 0.3) is 12.2 Å². The predicted octanol–water partition coefficient (Wildman–Crippen LogP) is 3.88. The van der Waals surface area contributed by atoms with Gasteiger partial charge in [0.15, 0.2) is 0 Å². The van der Waals surface area contributed by atoms with Crippen molar-refractivity contribution in [3.63, 3.8) is 0 Å². The van der Waals surface area contributed by atoms with Crippen LogP contribution in [0.2, 0.25) is 0 Å². The van der Waals surface area contributed by atoms with Crippen molar-refractivity contribution in [3.05, 3.63) is 57.6 Å². The average Bonchev–Trinajstić information content (AvgIpc) is 2.64. The molecule has 0 radical (unpaired) electrons. The summed E-state index contributed by atoms with van der Waals surface area (Å²) in [5.74, 6) is 1.74. The van der Waals surface area contributed by atoms with Gasteiger partial charge in [0.25, 0.3) is 5.69 Å². The summed E-state index contributed by atoms with van der Waals surface area (Å²) in [6.07, 6.45) is 3.78. The number of ether oxygens (including phenoxy) is 2. The molecule has 1 aliphatic rings. The van der Waals surface area contributed by atoms with Gasteiger partial charge in [-0.3, -0.25) is 10.1 Å². The molecule has 0 bridgehead atoms. The van der Waals surface area contributed by atoms with Crippen LogP contribution in [0.5, 0.6) is 17.2 Å². The lowest BCUT2D eigenvalue weighted by atomic mass is 10.1. The molecule has 5 heteroatoms. The monoisotopic (exact) mass is 269 g/mol. The minimum Gasteiger partial charge on any atom is -0.497 e. The number of fused-ring (bicyclic) bond motifs is 2. The molecular formula is C15H11NO4. The Morgan fingerprint density at radius 3 is 2.35 bits per heavy atom. The maximum absolute atomic E-state index is 10.8. The summed E-state index contributed by atoms with van der Waals surface area (Å²) in [6.45, 7) is 0. The lowest BCUT2D eigenvalue weighted by Crippen LogP contribution is -1.92. The van der Waals surface area contributed by atoms with Crippen molar-refractivity contribution in [2.45, 2.75) is 0 Å². The molecule has 0 saturated carbocycles. The molecule has 2 aromatic rings. The van der Waals surface area contributed by atoms with Crippen LogP contribution in [-0.2, 0) is 0 Å². The highest BCUT2D eigenvalue weighted by molar-refractivity contribution is 5.78. The van der Waals surface area contributed by atoms with Crippen LogP contribution >= 0.6 is 0 Å². The van der Waals surface area contributed by atoms with Gasteiger partial charge in [-0.05, 0) is 18.2 Å². The lowest BCUT2D eigenvalue weighted by molar-refractivity contribution is -0.384. The average molecular weight is 269 g/mol. The van der Waals surface area contributed by atoms with Crippen LogP contribution in [0.3, 0.4) is 0 Å². The molecule has 5 nitrogen and oxygen atoms in total. The van der Waals surface area contributed by atoms with Crippen molar-refractivity contribution in [1.29, 1.82) is 0 Å². The summed E-state index contributed by atoms with van der Waals surface area (Å²) in [5, 5.41) is 10.8. The van der Waals surface area contributed by atoms with Crippen LogP contribution in [0, 0.1) is 10.1 Å². The number of hydrogen-bond acceptors (Lipinski definition) is 4. The molecule has 0 aromatic heterocycles. The highest BCUT2D eigenvalue weighted by Crippen LogP contribution is 2.37. The number of nitro groups is 1. The van der Waals surface area contributed by atoms with Gasteiger partial charge in [0.1, 0.15) is 17.2 Å². The third kappa shape index (κ3) is 2.09. The minimum atomic E-state index is -0.440. The predicted molar refractivity (Wildman–Crippen MR) is 75.1 cm³/mol. The van der Waals surface area contributed by atoms with E-state index in [9.17, 15) is 10.1 Å². The molecule has 20 heavy (non-hydrogen) atoms. The highest BCUT2D eigenvalue weighted by atomic mass is 16.6. The van der Waals surface area contributed by atoms with Gasteiger partial charge < -0.3 is 9.47 Å². The van der Waals surface area contributed by atoms with Crippen molar-refractivity contribution >= 4 is 17.8 Å². The molecule has 100 valence electrons. The molecular weight excluding hydrogens is 258 g/mol. The Morgan fingerprint density at radius 2 is 1.70 bits per heavy atom. The van der Waals surface area contributed by atoms with E-state index < -0.39 is 4.92 Å². The quantitative estimate of drug-likeness (QED) is 0.523. The van der Waals surface area contributed by atoms with Crippen LogP contribution in [0.1, 0.15) is 11.1 Å². The van der Waals surface area contributed by atoms with E-state index in [4.69, 9.17) is 9.47 Å². The number of hydrogen-bond donors (Lipinski definition) is 0. The maximum Gasteiger partial charge on any atom is 0.273 e. The molecule has 3 rings (SSSR count). The Morgan fingerprint density at radius 1 is 1.05 bits per heavy atom. The molecule has 0 N–H and O–H groups in total. The summed E-state index contributed by atoms with van der Waals surface area (Å²) in [7, 11) is 1.58. The van der Waals surface area contributed by atoms with E-state index in [0.29, 0.717) is 17.2 Å². The molecule has 0 saturated heterocycles. The molecule has 2 aromatic carbocycles. The SMILES string of the molecule is COc1ccc2c(c1)Oc1cc([N+](=O)[O-])ccc1C=C2. The normalized spacial score (nSPS) is 11.8. The summed E-state index contributed by atoms with van der Waals surface area (Å²) in [4.78, 5) is 10.4. The van der Waals surface area contributed by atoms with Gasteiger partial charge in [0.05, 0.1) is 18.1 Å². The van der Waals surface area contributed by atoms with E-state index in [0.717, 1.165) is 11.1 Å². The topological polar surface area (TPSA) is 61.6 Å². The molecule has 0 aliphatic carbocycles. The number of nitrogens with zero attached hydrogens (tertiary/aromatic N) is 1. The van der Waals surface area contributed by atoms with Crippen LogP contribution in [0.15, 0.2) is 36.4 Å². The fraction of sp³-hybridized carbons (Fsp3) is 0.0667. The van der Waals surface area contributed by atoms with Crippen molar-refractivity contribution in [2.24, 2.45) is 0 Å². The van der Waals surface area contributed by atoms with E-state index in [2.05, 4.69) is 0 Å². The van der Waals surface area contributed by atoms with Crippen molar-refractivity contribution < 1.29 is 14.4 Å². The van der Waals surface area contributed by atoms with Gasteiger partial charge >= 0.3 is 0 Å². The molecule has 0 fully saturated rings. The van der Waals surface area contributed by atoms with E-state index in [1.54, 1.807) is 19.2 Å². The number of methoxy groups -OCH3 is 1. The summed E-state index contributed by atoms with van der Waals surface area (Å²) >= 11 is 0. The Kier molecular flexibility index (Phi) is 2.87. The Hall–Kier alpha value is -2.82. The number of non-ortho nitro benzene ring substituents is 1. The van der Waals surface area contributed by atoms with E-state index in [1.807, 2.05) is 24.3 Å².